The first kappa shape index (κ1) is 22.6. The lowest BCUT2D eigenvalue weighted by Gasteiger charge is -2.45. The maximum atomic E-state index is 11.5. The number of morpholine rings is 1. The average molecular weight is 451 g/mol. The molecule has 1 saturated heterocycles. The second kappa shape index (κ2) is 9.50. The third-order valence-electron chi connectivity index (χ3n) is 6.94. The van der Waals surface area contributed by atoms with E-state index >= 15 is 0 Å². The molecule has 3 N–H and O–H groups in total. The van der Waals surface area contributed by atoms with Crippen LogP contribution in [-0.2, 0) is 16.0 Å². The molecular formula is C23H34N2O5S. The van der Waals surface area contributed by atoms with Crippen molar-refractivity contribution in [1.29, 1.82) is 0 Å². The zero-order valence-corrected chi connectivity index (χ0v) is 19.0. The highest BCUT2D eigenvalue weighted by Crippen LogP contribution is 2.54. The monoisotopic (exact) mass is 450 g/mol. The van der Waals surface area contributed by atoms with E-state index in [-0.39, 0.29) is 18.5 Å². The van der Waals surface area contributed by atoms with Crippen molar-refractivity contribution in [2.75, 3.05) is 32.8 Å². The van der Waals surface area contributed by atoms with Crippen LogP contribution in [0.25, 0.3) is 0 Å². The standard InChI is InChI=1S/C23H34N2O5S/c1-17-20(19-8-3-2-4-9-21(19)25(17)16-23(26)27)15-18-7-5-6-10-22(18)31(28,29)24-11-13-30-14-12-24/h5-7,10,17,20,28-29H,2-4,8-9,11-16H2,1H3,(H,26,27). The quantitative estimate of drug-likeness (QED) is 0.598. The van der Waals surface area contributed by atoms with E-state index in [1.807, 2.05) is 24.3 Å². The summed E-state index contributed by atoms with van der Waals surface area (Å²) >= 11 is 0. The van der Waals surface area contributed by atoms with E-state index in [4.69, 9.17) is 4.74 Å². The number of aliphatic carboxylic acids is 1. The minimum Gasteiger partial charge on any atom is -0.480 e. The van der Waals surface area contributed by atoms with Gasteiger partial charge < -0.3 is 14.7 Å². The van der Waals surface area contributed by atoms with Gasteiger partial charge in [0, 0.05) is 30.7 Å². The summed E-state index contributed by atoms with van der Waals surface area (Å²) in [5, 5.41) is 9.48. The minimum absolute atomic E-state index is 0.0289. The average Bonchev–Trinajstić information content (AvgIpc) is 2.92. The molecule has 7 nitrogen and oxygen atoms in total. The Labute approximate surface area is 186 Å². The Morgan fingerprint density at radius 3 is 2.58 bits per heavy atom. The van der Waals surface area contributed by atoms with E-state index in [0.29, 0.717) is 37.6 Å². The van der Waals surface area contributed by atoms with Crippen molar-refractivity contribution in [3.05, 3.63) is 41.1 Å². The number of ether oxygens (including phenoxy) is 1. The lowest BCUT2D eigenvalue weighted by Crippen LogP contribution is -2.39. The van der Waals surface area contributed by atoms with Gasteiger partial charge in [-0.05, 0) is 56.2 Å². The molecule has 1 aliphatic carbocycles. The fourth-order valence-electron chi connectivity index (χ4n) is 5.37. The Hall–Kier alpha value is -1.58. The first-order valence-corrected chi connectivity index (χ1v) is 12.8. The molecule has 8 heteroatoms. The van der Waals surface area contributed by atoms with Gasteiger partial charge in [-0.1, -0.05) is 24.6 Å². The Kier molecular flexibility index (Phi) is 6.93. The van der Waals surface area contributed by atoms with Crippen LogP contribution in [0.3, 0.4) is 0 Å². The van der Waals surface area contributed by atoms with Crippen molar-refractivity contribution < 1.29 is 23.7 Å². The van der Waals surface area contributed by atoms with Gasteiger partial charge in [0.05, 0.1) is 18.1 Å². The molecule has 0 spiro atoms. The number of hydrogen-bond acceptors (Lipinski definition) is 6. The highest BCUT2D eigenvalue weighted by atomic mass is 32.3. The number of nitrogens with zero attached hydrogens (tertiary/aromatic N) is 2. The summed E-state index contributed by atoms with van der Waals surface area (Å²) in [4.78, 5) is 14.2. The molecule has 1 aromatic rings. The molecule has 2 atom stereocenters. The summed E-state index contributed by atoms with van der Waals surface area (Å²) in [5.41, 5.74) is 3.54. The Bertz CT molecular complexity index is 837. The van der Waals surface area contributed by atoms with Crippen LogP contribution < -0.4 is 0 Å². The molecule has 3 aliphatic rings. The normalized spacial score (nSPS) is 26.0. The predicted octanol–water partition coefficient (Wildman–Crippen LogP) is 4.21. The number of carboxylic acids is 1. The first-order valence-electron chi connectivity index (χ1n) is 11.3. The molecule has 0 bridgehead atoms. The maximum absolute atomic E-state index is 11.5. The molecular weight excluding hydrogens is 416 g/mol. The van der Waals surface area contributed by atoms with E-state index in [9.17, 15) is 19.0 Å². The fourth-order valence-corrected chi connectivity index (χ4v) is 7.07. The van der Waals surface area contributed by atoms with E-state index in [1.165, 1.54) is 17.7 Å². The molecule has 4 rings (SSSR count). The number of hydrogen-bond donors (Lipinski definition) is 3. The molecule has 0 aromatic heterocycles. The first-order chi connectivity index (χ1) is 14.9. The molecule has 2 aliphatic heterocycles. The van der Waals surface area contributed by atoms with E-state index in [1.54, 1.807) is 4.31 Å². The summed E-state index contributed by atoms with van der Waals surface area (Å²) < 4.78 is 29.5. The van der Waals surface area contributed by atoms with Crippen molar-refractivity contribution in [3.63, 3.8) is 0 Å². The van der Waals surface area contributed by atoms with Gasteiger partial charge in [-0.15, -0.1) is 10.8 Å². The largest absolute Gasteiger partial charge is 0.480 e. The summed E-state index contributed by atoms with van der Waals surface area (Å²) in [5.74, 6) is -0.612. The Morgan fingerprint density at radius 1 is 1.13 bits per heavy atom. The molecule has 172 valence electrons. The maximum Gasteiger partial charge on any atom is 0.323 e. The van der Waals surface area contributed by atoms with Crippen LogP contribution in [0.15, 0.2) is 40.4 Å². The van der Waals surface area contributed by atoms with Crippen LogP contribution in [0.2, 0.25) is 0 Å². The predicted molar refractivity (Wildman–Crippen MR) is 121 cm³/mol. The van der Waals surface area contributed by atoms with Crippen molar-refractivity contribution in [3.8, 4) is 0 Å². The van der Waals surface area contributed by atoms with Gasteiger partial charge in [-0.2, -0.15) is 4.31 Å². The van der Waals surface area contributed by atoms with Gasteiger partial charge in [0.15, 0.2) is 0 Å². The van der Waals surface area contributed by atoms with Crippen molar-refractivity contribution in [2.45, 2.75) is 56.4 Å². The van der Waals surface area contributed by atoms with Gasteiger partial charge in [-0.25, -0.2) is 0 Å². The van der Waals surface area contributed by atoms with Crippen LogP contribution in [0.4, 0.5) is 0 Å². The summed E-state index contributed by atoms with van der Waals surface area (Å²) in [6, 6.07) is 7.71. The van der Waals surface area contributed by atoms with Crippen LogP contribution >= 0.6 is 10.8 Å². The molecule has 31 heavy (non-hydrogen) atoms. The molecule has 2 unspecified atom stereocenters. The summed E-state index contributed by atoms with van der Waals surface area (Å²) in [7, 11) is -3.09. The van der Waals surface area contributed by atoms with Crippen molar-refractivity contribution >= 4 is 16.7 Å². The van der Waals surface area contributed by atoms with Gasteiger partial charge >= 0.3 is 5.97 Å². The second-order valence-corrected chi connectivity index (χ2v) is 10.8. The number of rotatable bonds is 6. The number of carbonyl (C=O) groups is 1. The second-order valence-electron chi connectivity index (χ2n) is 8.77. The van der Waals surface area contributed by atoms with Gasteiger partial charge in [0.1, 0.15) is 6.54 Å². The molecule has 0 radical (unpaired) electrons. The third-order valence-corrected chi connectivity index (χ3v) is 9.02. The lowest BCUT2D eigenvalue weighted by molar-refractivity contribution is -0.138. The van der Waals surface area contributed by atoms with Gasteiger partial charge in [0.2, 0.25) is 0 Å². The number of benzene rings is 1. The highest BCUT2D eigenvalue weighted by Gasteiger charge is 2.39. The lowest BCUT2D eigenvalue weighted by atomic mass is 9.86. The van der Waals surface area contributed by atoms with Crippen LogP contribution in [0.5, 0.6) is 0 Å². The minimum atomic E-state index is -3.09. The Morgan fingerprint density at radius 2 is 1.84 bits per heavy atom. The molecule has 2 heterocycles. The van der Waals surface area contributed by atoms with Crippen LogP contribution in [0.1, 0.15) is 44.6 Å². The third kappa shape index (κ3) is 4.64. The smallest absolute Gasteiger partial charge is 0.323 e. The van der Waals surface area contributed by atoms with Crippen LogP contribution in [-0.4, -0.2) is 68.3 Å². The zero-order valence-electron chi connectivity index (χ0n) is 18.2. The zero-order chi connectivity index (χ0) is 22.0. The van der Waals surface area contributed by atoms with E-state index in [0.717, 1.165) is 31.2 Å². The van der Waals surface area contributed by atoms with Gasteiger partial charge in [0.25, 0.3) is 0 Å². The summed E-state index contributed by atoms with van der Waals surface area (Å²) in [6.07, 6.45) is 6.03. The van der Waals surface area contributed by atoms with Gasteiger partial charge in [-0.3, -0.25) is 13.9 Å². The van der Waals surface area contributed by atoms with Crippen molar-refractivity contribution in [1.82, 2.24) is 9.21 Å². The molecule has 1 aromatic carbocycles. The van der Waals surface area contributed by atoms with E-state index < -0.39 is 16.7 Å². The number of allylic oxidation sites excluding steroid dienone is 1. The fraction of sp³-hybridized carbons (Fsp3) is 0.609. The molecule has 1 fully saturated rings. The van der Waals surface area contributed by atoms with Crippen molar-refractivity contribution in [2.24, 2.45) is 5.92 Å². The van der Waals surface area contributed by atoms with E-state index in [2.05, 4.69) is 11.8 Å². The number of carboxylic acid groups (broad SMARTS) is 1. The van der Waals surface area contributed by atoms with Crippen LogP contribution in [0, 0.1) is 5.92 Å². The molecule has 0 amide bonds. The SMILES string of the molecule is CC1C(Cc2ccccc2S(O)(O)N2CCOCC2)C2=C(CCCCC2)N1CC(=O)O. The highest BCUT2D eigenvalue weighted by molar-refractivity contribution is 8.22. The topological polar surface area (TPSA) is 93.5 Å². The molecule has 0 saturated carbocycles. The summed E-state index contributed by atoms with van der Waals surface area (Å²) in [6.45, 7) is 4.14. The Balaban J connectivity index is 1.64.